The van der Waals surface area contributed by atoms with Crippen molar-refractivity contribution in [3.05, 3.63) is 42.0 Å². The van der Waals surface area contributed by atoms with Crippen molar-refractivity contribution < 1.29 is 0 Å². The zero-order valence-electron chi connectivity index (χ0n) is 9.13. The van der Waals surface area contributed by atoms with Crippen molar-refractivity contribution in [3.63, 3.8) is 0 Å². The van der Waals surface area contributed by atoms with Crippen LogP contribution in [0.4, 0.5) is 0 Å². The van der Waals surface area contributed by atoms with Crippen molar-refractivity contribution in [2.75, 3.05) is 6.54 Å². The number of hydrogen-bond acceptors (Lipinski definition) is 5. The van der Waals surface area contributed by atoms with Gasteiger partial charge in [-0.15, -0.1) is 0 Å². The Morgan fingerprint density at radius 3 is 3.00 bits per heavy atom. The van der Waals surface area contributed by atoms with Gasteiger partial charge in [0.05, 0.1) is 29.7 Å². The fourth-order valence-electron chi connectivity index (χ4n) is 1.61. The average molecular weight is 234 g/mol. The first kappa shape index (κ1) is 11.2. The van der Waals surface area contributed by atoms with Crippen molar-refractivity contribution in [2.24, 2.45) is 0 Å². The molecule has 0 aliphatic carbocycles. The van der Waals surface area contributed by atoms with Crippen LogP contribution in [0, 0.1) is 0 Å². The van der Waals surface area contributed by atoms with Gasteiger partial charge in [0.15, 0.2) is 0 Å². The molecule has 0 amide bonds. The van der Waals surface area contributed by atoms with Gasteiger partial charge < -0.3 is 5.32 Å². The minimum atomic E-state index is 0.230. The van der Waals surface area contributed by atoms with E-state index in [2.05, 4.69) is 32.0 Å². The van der Waals surface area contributed by atoms with E-state index in [0.717, 1.165) is 18.7 Å². The summed E-state index contributed by atoms with van der Waals surface area (Å²) >= 11 is 1.25. The third-order valence-corrected chi connectivity index (χ3v) is 2.84. The van der Waals surface area contributed by atoms with E-state index in [1.807, 2.05) is 18.5 Å². The van der Waals surface area contributed by atoms with Crippen LogP contribution in [0.2, 0.25) is 0 Å². The fraction of sp³-hybridized carbons (Fsp3) is 0.364. The molecule has 5 heteroatoms. The van der Waals surface area contributed by atoms with Gasteiger partial charge in [-0.2, -0.15) is 8.75 Å². The van der Waals surface area contributed by atoms with E-state index in [1.165, 1.54) is 17.3 Å². The molecule has 0 saturated heterocycles. The monoisotopic (exact) mass is 234 g/mol. The number of likely N-dealkylation sites (N-methyl/N-ethyl adjacent to an activating group) is 1. The maximum absolute atomic E-state index is 4.28. The molecule has 2 heterocycles. The summed E-state index contributed by atoms with van der Waals surface area (Å²) in [5, 5.41) is 3.41. The number of rotatable bonds is 5. The van der Waals surface area contributed by atoms with Gasteiger partial charge in [-0.1, -0.05) is 13.0 Å². The number of nitrogens with zero attached hydrogens (tertiary/aromatic N) is 3. The second-order valence-electron chi connectivity index (χ2n) is 3.51. The molecular formula is C11H14N4S. The van der Waals surface area contributed by atoms with Crippen molar-refractivity contribution in [3.8, 4) is 0 Å². The molecule has 1 atom stereocenters. The summed E-state index contributed by atoms with van der Waals surface area (Å²) in [6, 6.07) is 4.27. The van der Waals surface area contributed by atoms with Crippen LogP contribution < -0.4 is 5.32 Å². The molecule has 84 valence electrons. The summed E-state index contributed by atoms with van der Waals surface area (Å²) in [5.74, 6) is 0. The maximum Gasteiger partial charge on any atom is 0.0915 e. The van der Waals surface area contributed by atoms with Gasteiger partial charge in [0.25, 0.3) is 0 Å². The molecule has 1 N–H and O–H groups in total. The molecule has 0 aliphatic rings. The molecule has 0 saturated carbocycles. The summed E-state index contributed by atoms with van der Waals surface area (Å²) in [7, 11) is 0. The molecule has 1 unspecified atom stereocenters. The van der Waals surface area contributed by atoms with Crippen LogP contribution in [0.1, 0.15) is 24.2 Å². The van der Waals surface area contributed by atoms with Crippen molar-refractivity contribution in [2.45, 2.75) is 19.4 Å². The Hall–Kier alpha value is -1.33. The Morgan fingerprint density at radius 1 is 1.44 bits per heavy atom. The van der Waals surface area contributed by atoms with Crippen molar-refractivity contribution >= 4 is 11.7 Å². The Labute approximate surface area is 99.1 Å². The van der Waals surface area contributed by atoms with Crippen LogP contribution in [0.25, 0.3) is 0 Å². The largest absolute Gasteiger partial charge is 0.309 e. The number of nitrogens with one attached hydrogen (secondary N) is 1. The molecule has 16 heavy (non-hydrogen) atoms. The quantitative estimate of drug-likeness (QED) is 0.857. The van der Waals surface area contributed by atoms with Gasteiger partial charge in [-0.25, -0.2) is 0 Å². The molecule has 0 radical (unpaired) electrons. The normalized spacial score (nSPS) is 12.6. The van der Waals surface area contributed by atoms with Crippen LogP contribution in [0.5, 0.6) is 0 Å². The van der Waals surface area contributed by atoms with Crippen LogP contribution in [0.3, 0.4) is 0 Å². The molecule has 0 aromatic carbocycles. The number of hydrogen-bond donors (Lipinski definition) is 1. The van der Waals surface area contributed by atoms with Gasteiger partial charge in [-0.3, -0.25) is 4.98 Å². The topological polar surface area (TPSA) is 50.7 Å². The Bertz CT molecular complexity index is 401. The summed E-state index contributed by atoms with van der Waals surface area (Å²) < 4.78 is 8.32. The Morgan fingerprint density at radius 2 is 2.38 bits per heavy atom. The highest BCUT2D eigenvalue weighted by Crippen LogP contribution is 2.16. The van der Waals surface area contributed by atoms with Gasteiger partial charge in [-0.05, 0) is 24.6 Å². The van der Waals surface area contributed by atoms with Crippen LogP contribution in [-0.4, -0.2) is 20.3 Å². The van der Waals surface area contributed by atoms with Gasteiger partial charge in [0.1, 0.15) is 0 Å². The lowest BCUT2D eigenvalue weighted by Crippen LogP contribution is -2.23. The highest BCUT2D eigenvalue weighted by Gasteiger charge is 2.13. The molecule has 0 bridgehead atoms. The highest BCUT2D eigenvalue weighted by molar-refractivity contribution is 6.99. The maximum atomic E-state index is 4.28. The lowest BCUT2D eigenvalue weighted by molar-refractivity contribution is 0.539. The summed E-state index contributed by atoms with van der Waals surface area (Å²) in [6.07, 6.45) is 6.40. The summed E-state index contributed by atoms with van der Waals surface area (Å²) in [5.41, 5.74) is 2.22. The minimum Gasteiger partial charge on any atom is -0.309 e. The fourth-order valence-corrected chi connectivity index (χ4v) is 2.08. The lowest BCUT2D eigenvalue weighted by Gasteiger charge is -2.14. The van der Waals surface area contributed by atoms with Gasteiger partial charge in [0.2, 0.25) is 0 Å². The average Bonchev–Trinajstić information content (AvgIpc) is 2.83. The van der Waals surface area contributed by atoms with E-state index >= 15 is 0 Å². The number of pyridine rings is 1. The van der Waals surface area contributed by atoms with E-state index in [4.69, 9.17) is 0 Å². The predicted molar refractivity (Wildman–Crippen MR) is 64.3 cm³/mol. The predicted octanol–water partition coefficient (Wildman–Crippen LogP) is 1.83. The first-order valence-electron chi connectivity index (χ1n) is 5.30. The molecule has 2 aromatic heterocycles. The molecule has 4 nitrogen and oxygen atoms in total. The third-order valence-electron chi connectivity index (χ3n) is 2.35. The second-order valence-corrected chi connectivity index (χ2v) is 4.06. The van der Waals surface area contributed by atoms with Crippen molar-refractivity contribution in [1.29, 1.82) is 0 Å². The Kier molecular flexibility index (Phi) is 3.96. The standard InChI is InChI=1S/C11H14N4S/c1-2-13-10(11-8-14-16-15-11)6-9-4-3-5-12-7-9/h3-5,7-8,10,13H,2,6H2,1H3. The first-order chi connectivity index (χ1) is 7.90. The van der Waals surface area contributed by atoms with Gasteiger partial charge in [0, 0.05) is 12.4 Å². The summed E-state index contributed by atoms with van der Waals surface area (Å²) in [6.45, 7) is 3.01. The van der Waals surface area contributed by atoms with E-state index in [1.54, 1.807) is 6.20 Å². The molecule has 0 aliphatic heterocycles. The highest BCUT2D eigenvalue weighted by atomic mass is 32.1. The van der Waals surface area contributed by atoms with Crippen LogP contribution in [0.15, 0.2) is 30.7 Å². The summed E-state index contributed by atoms with van der Waals surface area (Å²) in [4.78, 5) is 4.12. The van der Waals surface area contributed by atoms with E-state index in [9.17, 15) is 0 Å². The van der Waals surface area contributed by atoms with Gasteiger partial charge >= 0.3 is 0 Å². The van der Waals surface area contributed by atoms with Crippen LogP contribution in [-0.2, 0) is 6.42 Å². The lowest BCUT2D eigenvalue weighted by atomic mass is 10.1. The molecule has 2 aromatic rings. The number of aromatic nitrogens is 3. The molecule has 0 fully saturated rings. The molecule has 0 spiro atoms. The van der Waals surface area contributed by atoms with Crippen molar-refractivity contribution in [1.82, 2.24) is 19.0 Å². The SMILES string of the molecule is CCNC(Cc1cccnc1)c1cnsn1. The molecular weight excluding hydrogens is 220 g/mol. The zero-order valence-corrected chi connectivity index (χ0v) is 9.94. The van der Waals surface area contributed by atoms with E-state index < -0.39 is 0 Å². The van der Waals surface area contributed by atoms with Crippen LogP contribution >= 0.6 is 11.7 Å². The smallest absolute Gasteiger partial charge is 0.0915 e. The Balaban J connectivity index is 2.09. The first-order valence-corrected chi connectivity index (χ1v) is 6.03. The van der Waals surface area contributed by atoms with E-state index in [0.29, 0.717) is 0 Å². The minimum absolute atomic E-state index is 0.230. The third kappa shape index (κ3) is 2.84. The molecule has 2 rings (SSSR count). The zero-order chi connectivity index (χ0) is 11.2. The van der Waals surface area contributed by atoms with E-state index in [-0.39, 0.29) is 6.04 Å². The second kappa shape index (κ2) is 5.67.